The molecule has 0 atom stereocenters. The van der Waals surface area contributed by atoms with Gasteiger partial charge in [-0.25, -0.2) is 9.78 Å². The molecule has 1 fully saturated rings. The van der Waals surface area contributed by atoms with Crippen LogP contribution in [0.2, 0.25) is 0 Å². The van der Waals surface area contributed by atoms with E-state index >= 15 is 0 Å². The summed E-state index contributed by atoms with van der Waals surface area (Å²) in [5, 5.41) is 17.5. The summed E-state index contributed by atoms with van der Waals surface area (Å²) < 4.78 is 0. The molecule has 1 aliphatic heterocycles. The van der Waals surface area contributed by atoms with Crippen molar-refractivity contribution in [2.45, 2.75) is 17.3 Å². The van der Waals surface area contributed by atoms with Gasteiger partial charge >= 0.3 is 5.97 Å². The van der Waals surface area contributed by atoms with Crippen LogP contribution in [0.25, 0.3) is 0 Å². The first-order valence-corrected chi connectivity index (χ1v) is 9.72. The number of nitrogens with two attached hydrogens (primary N) is 1. The molecule has 4 N–H and O–H groups in total. The van der Waals surface area contributed by atoms with Crippen molar-refractivity contribution in [2.75, 3.05) is 26.2 Å². The van der Waals surface area contributed by atoms with E-state index in [1.165, 1.54) is 5.56 Å². The zero-order valence-electron chi connectivity index (χ0n) is 15.0. The van der Waals surface area contributed by atoms with Crippen molar-refractivity contribution in [1.29, 1.82) is 5.41 Å². The zero-order chi connectivity index (χ0) is 19.2. The molecule has 0 spiro atoms. The van der Waals surface area contributed by atoms with Gasteiger partial charge in [-0.15, -0.1) is 11.8 Å². The number of benzene rings is 1. The van der Waals surface area contributed by atoms with E-state index < -0.39 is 5.97 Å². The van der Waals surface area contributed by atoms with Gasteiger partial charge in [-0.05, 0) is 29.3 Å². The molecule has 0 radical (unpaired) electrons. The van der Waals surface area contributed by atoms with E-state index in [1.807, 2.05) is 23.1 Å². The molecule has 1 aliphatic rings. The van der Waals surface area contributed by atoms with Crippen LogP contribution in [0.15, 0.2) is 47.6 Å². The Morgan fingerprint density at radius 3 is 2.52 bits per heavy atom. The summed E-state index contributed by atoms with van der Waals surface area (Å²) in [6.45, 7) is 4.10. The average molecular weight is 385 g/mol. The lowest BCUT2D eigenvalue weighted by Crippen LogP contribution is -2.50. The number of carboxylic acid groups (broad SMARTS) is 1. The number of hydrogen-bond acceptors (Lipinski definition) is 5. The maximum absolute atomic E-state index is 10.9. The lowest BCUT2D eigenvalue weighted by molar-refractivity contribution is 0.0697. The van der Waals surface area contributed by atoms with Gasteiger partial charge in [-0.3, -0.25) is 10.3 Å². The van der Waals surface area contributed by atoms with Gasteiger partial charge in [0, 0.05) is 44.7 Å². The number of guanidine groups is 1. The van der Waals surface area contributed by atoms with Crippen LogP contribution in [0.1, 0.15) is 21.5 Å². The minimum absolute atomic E-state index is 0.140. The van der Waals surface area contributed by atoms with Crippen LogP contribution in [0, 0.1) is 5.41 Å². The summed E-state index contributed by atoms with van der Waals surface area (Å²) >= 11 is 1.66. The van der Waals surface area contributed by atoms with E-state index in [0.29, 0.717) is 5.56 Å². The summed E-state index contributed by atoms with van der Waals surface area (Å²) in [7, 11) is 0. The van der Waals surface area contributed by atoms with E-state index in [4.69, 9.17) is 16.2 Å². The van der Waals surface area contributed by atoms with Gasteiger partial charge in [0.15, 0.2) is 5.96 Å². The minimum Gasteiger partial charge on any atom is -0.478 e. The number of aromatic carboxylic acids is 1. The van der Waals surface area contributed by atoms with Crippen LogP contribution in [0.4, 0.5) is 0 Å². The molecular weight excluding hydrogens is 362 g/mol. The van der Waals surface area contributed by atoms with E-state index in [-0.39, 0.29) is 5.96 Å². The topological polar surface area (TPSA) is 107 Å². The first-order chi connectivity index (χ1) is 13.0. The quantitative estimate of drug-likeness (QED) is 0.397. The van der Waals surface area contributed by atoms with Gasteiger partial charge in [-0.2, -0.15) is 0 Å². The Kier molecular flexibility index (Phi) is 6.31. The predicted octanol–water partition coefficient (Wildman–Crippen LogP) is 2.08. The highest BCUT2D eigenvalue weighted by Crippen LogP contribution is 2.25. The maximum atomic E-state index is 10.9. The molecule has 0 unspecified atom stereocenters. The first-order valence-electron chi connectivity index (χ1n) is 8.73. The molecule has 0 bridgehead atoms. The van der Waals surface area contributed by atoms with Gasteiger partial charge in [0.25, 0.3) is 0 Å². The second kappa shape index (κ2) is 8.88. The average Bonchev–Trinajstić information content (AvgIpc) is 2.68. The number of piperazine rings is 1. The third kappa shape index (κ3) is 5.21. The molecule has 1 aromatic carbocycles. The molecular formula is C19H23N5O2S. The smallest absolute Gasteiger partial charge is 0.335 e. The van der Waals surface area contributed by atoms with Crippen LogP contribution in [-0.2, 0) is 12.3 Å². The van der Waals surface area contributed by atoms with Crippen LogP contribution in [-0.4, -0.2) is 58.0 Å². The number of hydrogen-bond donors (Lipinski definition) is 3. The van der Waals surface area contributed by atoms with E-state index in [9.17, 15) is 4.79 Å². The number of nitrogens with zero attached hydrogens (tertiary/aromatic N) is 3. The van der Waals surface area contributed by atoms with Crippen LogP contribution >= 0.6 is 11.8 Å². The van der Waals surface area contributed by atoms with Crippen molar-refractivity contribution in [3.8, 4) is 0 Å². The van der Waals surface area contributed by atoms with Crippen LogP contribution in [0.3, 0.4) is 0 Å². The van der Waals surface area contributed by atoms with Gasteiger partial charge < -0.3 is 15.7 Å². The monoisotopic (exact) mass is 385 g/mol. The second-order valence-electron chi connectivity index (χ2n) is 6.41. The Morgan fingerprint density at radius 2 is 1.89 bits per heavy atom. The van der Waals surface area contributed by atoms with Crippen molar-refractivity contribution in [2.24, 2.45) is 5.73 Å². The second-order valence-corrected chi connectivity index (χ2v) is 7.37. The zero-order valence-corrected chi connectivity index (χ0v) is 15.8. The van der Waals surface area contributed by atoms with Crippen molar-refractivity contribution in [3.63, 3.8) is 0 Å². The molecule has 27 heavy (non-hydrogen) atoms. The Morgan fingerprint density at radius 1 is 1.19 bits per heavy atom. The van der Waals surface area contributed by atoms with E-state index in [2.05, 4.69) is 16.0 Å². The molecule has 0 saturated carbocycles. The predicted molar refractivity (Wildman–Crippen MR) is 106 cm³/mol. The number of aromatic nitrogens is 1. The number of pyridine rings is 1. The Labute approximate surface area is 162 Å². The lowest BCUT2D eigenvalue weighted by atomic mass is 10.1. The van der Waals surface area contributed by atoms with Crippen molar-refractivity contribution < 1.29 is 9.90 Å². The summed E-state index contributed by atoms with van der Waals surface area (Å²) in [6.07, 6.45) is 1.80. The molecule has 2 heterocycles. The van der Waals surface area contributed by atoms with Gasteiger partial charge in [0.05, 0.1) is 5.56 Å². The first kappa shape index (κ1) is 19.2. The third-order valence-corrected chi connectivity index (χ3v) is 5.65. The Balaban J connectivity index is 1.59. The molecule has 8 heteroatoms. The van der Waals surface area contributed by atoms with Crippen molar-refractivity contribution in [3.05, 3.63) is 59.3 Å². The summed E-state index contributed by atoms with van der Waals surface area (Å²) in [5.41, 5.74) is 8.10. The largest absolute Gasteiger partial charge is 0.478 e. The molecule has 7 nitrogen and oxygen atoms in total. The number of thioether (sulfide) groups is 1. The van der Waals surface area contributed by atoms with E-state index in [1.54, 1.807) is 30.1 Å². The molecule has 1 aromatic heterocycles. The van der Waals surface area contributed by atoms with Crippen molar-refractivity contribution >= 4 is 23.7 Å². The highest BCUT2D eigenvalue weighted by Gasteiger charge is 2.18. The Hall–Kier alpha value is -2.58. The minimum atomic E-state index is -0.911. The number of rotatable bonds is 6. The number of carboxylic acids is 1. The van der Waals surface area contributed by atoms with Gasteiger partial charge in [-0.1, -0.05) is 18.2 Å². The maximum Gasteiger partial charge on any atom is 0.335 e. The molecule has 3 rings (SSSR count). The lowest BCUT2D eigenvalue weighted by Gasteiger charge is -2.35. The third-order valence-electron chi connectivity index (χ3n) is 4.53. The van der Waals surface area contributed by atoms with Gasteiger partial charge in [0.2, 0.25) is 0 Å². The molecule has 142 valence electrons. The standard InChI is InChI=1S/C19H23N5O2S/c20-19(21)24-10-8-23(9-11-24)12-16-2-1-7-22-17(16)27-13-14-3-5-15(6-4-14)18(25)26/h1-7H,8-13H2,(H3,20,21)(H,25,26). The molecule has 1 saturated heterocycles. The van der Waals surface area contributed by atoms with Crippen molar-refractivity contribution in [1.82, 2.24) is 14.8 Å². The normalized spacial score (nSPS) is 14.9. The fourth-order valence-electron chi connectivity index (χ4n) is 2.96. The highest BCUT2D eigenvalue weighted by atomic mass is 32.2. The molecule has 0 amide bonds. The molecule has 0 aliphatic carbocycles. The van der Waals surface area contributed by atoms with Gasteiger partial charge in [0.1, 0.15) is 5.03 Å². The van der Waals surface area contributed by atoms with E-state index in [0.717, 1.165) is 49.1 Å². The SMILES string of the molecule is N=C(N)N1CCN(Cc2cccnc2SCc2ccc(C(=O)O)cc2)CC1. The number of carbonyl (C=O) groups is 1. The highest BCUT2D eigenvalue weighted by molar-refractivity contribution is 7.98. The summed E-state index contributed by atoms with van der Waals surface area (Å²) in [6, 6.07) is 11.0. The fourth-order valence-corrected chi connectivity index (χ4v) is 3.91. The van der Waals surface area contributed by atoms with Crippen LogP contribution < -0.4 is 5.73 Å². The molecule has 2 aromatic rings. The summed E-state index contributed by atoms with van der Waals surface area (Å²) in [5.74, 6) is -0.0329. The summed E-state index contributed by atoms with van der Waals surface area (Å²) in [4.78, 5) is 19.7. The van der Waals surface area contributed by atoms with Crippen LogP contribution in [0.5, 0.6) is 0 Å². The fraction of sp³-hybridized carbons (Fsp3) is 0.316. The Bertz CT molecular complexity index is 804. The number of nitrogens with one attached hydrogen (secondary N) is 1.